The summed E-state index contributed by atoms with van der Waals surface area (Å²) in [6.45, 7) is 0. The molecule has 0 aromatic rings. The lowest BCUT2D eigenvalue weighted by molar-refractivity contribution is -0.191. The van der Waals surface area contributed by atoms with E-state index < -0.39 is 24.1 Å². The van der Waals surface area contributed by atoms with Gasteiger partial charge in [0.15, 0.2) is 0 Å². The van der Waals surface area contributed by atoms with E-state index in [2.05, 4.69) is 14.7 Å². The summed E-state index contributed by atoms with van der Waals surface area (Å²) in [5.41, 5.74) is 0. The van der Waals surface area contributed by atoms with Gasteiger partial charge < -0.3 is 4.74 Å². The van der Waals surface area contributed by atoms with Crippen molar-refractivity contribution in [3.05, 3.63) is 0 Å². The summed E-state index contributed by atoms with van der Waals surface area (Å²) in [7, 11) is 0. The second-order valence-electron chi connectivity index (χ2n) is 1.88. The van der Waals surface area contributed by atoms with E-state index in [0.717, 1.165) is 0 Å². The predicted octanol–water partition coefficient (Wildman–Crippen LogP) is 0.0589. The molecule has 0 unspecified atom stereocenters. The molecule has 8 heteroatoms. The van der Waals surface area contributed by atoms with Crippen molar-refractivity contribution in [3.8, 4) is 0 Å². The zero-order valence-corrected chi connectivity index (χ0v) is 5.83. The molecule has 1 aliphatic heterocycles. The van der Waals surface area contributed by atoms with Crippen LogP contribution < -0.4 is 0 Å². The Kier molecular flexibility index (Phi) is 2.13. The summed E-state index contributed by atoms with van der Waals surface area (Å²) in [4.78, 5) is 26.2. The average Bonchev–Trinajstić information content (AvgIpc) is 2.33. The van der Waals surface area contributed by atoms with E-state index in [9.17, 15) is 22.8 Å². The smallest absolute Gasteiger partial charge is 0.384 e. The first-order valence-corrected chi connectivity index (χ1v) is 2.85. The highest BCUT2D eigenvalue weighted by Crippen LogP contribution is 2.17. The van der Waals surface area contributed by atoms with Crippen LogP contribution in [-0.4, -0.2) is 30.3 Å². The van der Waals surface area contributed by atoms with Gasteiger partial charge in [0, 0.05) is 0 Å². The molecule has 13 heavy (non-hydrogen) atoms. The molecule has 1 heterocycles. The van der Waals surface area contributed by atoms with Crippen LogP contribution in [0.1, 0.15) is 0 Å². The summed E-state index contributed by atoms with van der Waals surface area (Å²) >= 11 is 0. The zero-order chi connectivity index (χ0) is 10.1. The number of nitrogens with zero attached hydrogens (tertiary/aromatic N) is 2. The molecule has 0 aromatic carbocycles. The van der Waals surface area contributed by atoms with Crippen LogP contribution in [0.2, 0.25) is 0 Å². The third-order valence-corrected chi connectivity index (χ3v) is 0.907. The Bertz CT molecular complexity index is 317. The van der Waals surface area contributed by atoms with Crippen molar-refractivity contribution in [2.24, 2.45) is 9.98 Å². The number of halogens is 3. The number of alkyl halides is 3. The molecule has 1 aliphatic rings. The molecule has 0 N–H and O–H groups in total. The highest BCUT2D eigenvalue weighted by atomic mass is 19.4. The van der Waals surface area contributed by atoms with Gasteiger partial charge in [0.1, 0.15) is 0 Å². The first-order valence-electron chi connectivity index (χ1n) is 2.85. The molecule has 0 saturated carbocycles. The minimum absolute atomic E-state index is 0.638. The van der Waals surface area contributed by atoms with Gasteiger partial charge in [-0.05, 0) is 0 Å². The Labute approximate surface area is 68.9 Å². The van der Waals surface area contributed by atoms with Crippen molar-refractivity contribution in [1.82, 2.24) is 0 Å². The number of hydrogen-bond acceptors (Lipinski definition) is 4. The monoisotopic (exact) mass is 194 g/mol. The van der Waals surface area contributed by atoms with Crippen LogP contribution in [0.3, 0.4) is 0 Å². The first kappa shape index (κ1) is 9.36. The molecule has 0 atom stereocenters. The molecule has 0 bridgehead atoms. The second kappa shape index (κ2) is 2.96. The van der Waals surface area contributed by atoms with Gasteiger partial charge in [0.05, 0.1) is 6.21 Å². The van der Waals surface area contributed by atoms with Crippen LogP contribution in [0.25, 0.3) is 0 Å². The quantitative estimate of drug-likeness (QED) is 0.512. The van der Waals surface area contributed by atoms with Gasteiger partial charge in [-0.25, -0.2) is 4.79 Å². The fourth-order valence-corrected chi connectivity index (χ4v) is 0.452. The Morgan fingerprint density at radius 3 is 2.46 bits per heavy atom. The maximum atomic E-state index is 11.5. The lowest BCUT2D eigenvalue weighted by atomic mass is 10.7. The van der Waals surface area contributed by atoms with Crippen molar-refractivity contribution >= 4 is 24.1 Å². The van der Waals surface area contributed by atoms with Crippen LogP contribution in [0.5, 0.6) is 0 Å². The normalized spacial score (nSPS) is 15.9. The third-order valence-electron chi connectivity index (χ3n) is 0.907. The summed E-state index contributed by atoms with van der Waals surface area (Å²) in [5.74, 6) is -3.33. The summed E-state index contributed by atoms with van der Waals surface area (Å²) in [6, 6.07) is -0.896. The van der Waals surface area contributed by atoms with E-state index in [0.29, 0.717) is 6.21 Å². The maximum absolute atomic E-state index is 11.5. The van der Waals surface area contributed by atoms with Crippen molar-refractivity contribution in [3.63, 3.8) is 0 Å². The van der Waals surface area contributed by atoms with Crippen molar-refractivity contribution in [2.75, 3.05) is 0 Å². The molecule has 0 aromatic heterocycles. The highest BCUT2D eigenvalue weighted by molar-refractivity contribution is 6.34. The summed E-state index contributed by atoms with van der Waals surface area (Å²) in [5, 5.41) is 0. The number of rotatable bonds is 0. The Hall–Kier alpha value is -1.73. The molecular formula is C5HF3N2O3. The van der Waals surface area contributed by atoms with E-state index in [1.807, 2.05) is 0 Å². The zero-order valence-electron chi connectivity index (χ0n) is 5.83. The van der Waals surface area contributed by atoms with E-state index >= 15 is 0 Å². The molecular weight excluding hydrogens is 193 g/mol. The third kappa shape index (κ3) is 2.36. The largest absolute Gasteiger partial charge is 0.491 e. The topological polar surface area (TPSA) is 68.1 Å². The Morgan fingerprint density at radius 1 is 1.46 bits per heavy atom. The summed E-state index contributed by atoms with van der Waals surface area (Å²) < 4.78 is 38.2. The Balaban J connectivity index is 2.62. The SMILES string of the molecule is O=C1C=NC(OC(=O)C(F)(F)F)=N1. The highest BCUT2D eigenvalue weighted by Gasteiger charge is 2.42. The molecule has 0 spiro atoms. The molecule has 0 radical (unpaired) electrons. The molecule has 0 fully saturated rings. The van der Waals surface area contributed by atoms with Crippen LogP contribution in [0.15, 0.2) is 9.98 Å². The molecule has 1 amide bonds. The number of esters is 1. The van der Waals surface area contributed by atoms with Crippen LogP contribution in [-0.2, 0) is 14.3 Å². The van der Waals surface area contributed by atoms with E-state index in [-0.39, 0.29) is 0 Å². The van der Waals surface area contributed by atoms with E-state index in [4.69, 9.17) is 0 Å². The number of amides is 1. The molecule has 0 aliphatic carbocycles. The van der Waals surface area contributed by atoms with Gasteiger partial charge in [-0.1, -0.05) is 0 Å². The minimum Gasteiger partial charge on any atom is -0.384 e. The summed E-state index contributed by atoms with van der Waals surface area (Å²) in [6.07, 6.45) is -4.48. The first-order chi connectivity index (χ1) is 5.89. The molecule has 5 nitrogen and oxygen atoms in total. The van der Waals surface area contributed by atoms with Gasteiger partial charge in [0.25, 0.3) is 5.91 Å². The molecule has 0 saturated heterocycles. The number of carbonyl (C=O) groups is 2. The predicted molar refractivity (Wildman–Crippen MR) is 33.1 cm³/mol. The fourth-order valence-electron chi connectivity index (χ4n) is 0.452. The lowest BCUT2D eigenvalue weighted by Gasteiger charge is -2.02. The van der Waals surface area contributed by atoms with E-state index in [1.54, 1.807) is 0 Å². The van der Waals surface area contributed by atoms with Crippen LogP contribution >= 0.6 is 0 Å². The number of hydrogen-bond donors (Lipinski definition) is 0. The fraction of sp³-hybridized carbons (Fsp3) is 0.200. The minimum atomic E-state index is -5.12. The van der Waals surface area contributed by atoms with Gasteiger partial charge >= 0.3 is 18.2 Å². The van der Waals surface area contributed by atoms with E-state index in [1.165, 1.54) is 0 Å². The maximum Gasteiger partial charge on any atom is 0.491 e. The lowest BCUT2D eigenvalue weighted by Crippen LogP contribution is -2.27. The average molecular weight is 194 g/mol. The van der Waals surface area contributed by atoms with Crippen molar-refractivity contribution < 1.29 is 27.5 Å². The molecule has 1 rings (SSSR count). The second-order valence-corrected chi connectivity index (χ2v) is 1.88. The number of amidine groups is 1. The van der Waals surface area contributed by atoms with Crippen molar-refractivity contribution in [2.45, 2.75) is 6.18 Å². The number of carbonyl (C=O) groups excluding carboxylic acids is 2. The van der Waals surface area contributed by atoms with Crippen LogP contribution in [0.4, 0.5) is 13.2 Å². The van der Waals surface area contributed by atoms with Gasteiger partial charge in [-0.2, -0.15) is 23.2 Å². The van der Waals surface area contributed by atoms with Crippen LogP contribution in [0, 0.1) is 0 Å². The van der Waals surface area contributed by atoms with Gasteiger partial charge in [-0.15, -0.1) is 0 Å². The van der Waals surface area contributed by atoms with Crippen molar-refractivity contribution in [1.29, 1.82) is 0 Å². The Morgan fingerprint density at radius 2 is 2.08 bits per heavy atom. The number of ether oxygens (including phenoxy) is 1. The number of aliphatic imine (C=N–C) groups is 2. The van der Waals surface area contributed by atoms with Gasteiger partial charge in [0.2, 0.25) is 0 Å². The molecule has 70 valence electrons. The standard InChI is InChI=1S/C5HF3N2O3/c6-5(7,8)3(12)13-4-9-1-2(11)10-4/h1H. The van der Waals surface area contributed by atoms with Gasteiger partial charge in [-0.3, -0.25) is 4.79 Å².